The van der Waals surface area contributed by atoms with E-state index in [1.165, 1.54) is 0 Å². The average Bonchev–Trinajstić information content (AvgIpc) is 2.14. The first kappa shape index (κ1) is 11.9. The van der Waals surface area contributed by atoms with Crippen molar-refractivity contribution in [2.24, 2.45) is 5.41 Å². The molecule has 2 nitrogen and oxygen atoms in total. The van der Waals surface area contributed by atoms with Gasteiger partial charge in [-0.25, -0.2) is 0 Å². The first-order chi connectivity index (χ1) is 6.97. The van der Waals surface area contributed by atoms with E-state index >= 15 is 0 Å². The molecule has 15 heavy (non-hydrogen) atoms. The van der Waals surface area contributed by atoms with Crippen LogP contribution in [0.1, 0.15) is 39.2 Å². The van der Waals surface area contributed by atoms with Crippen molar-refractivity contribution in [2.75, 3.05) is 0 Å². The molecule has 0 unspecified atom stereocenters. The van der Waals surface area contributed by atoms with Crippen LogP contribution in [-0.2, 0) is 11.2 Å². The number of aromatic nitrogens is 1. The average molecular weight is 205 g/mol. The molecular weight excluding hydrogens is 186 g/mol. The summed E-state index contributed by atoms with van der Waals surface area (Å²) >= 11 is 0. The summed E-state index contributed by atoms with van der Waals surface area (Å²) in [6.45, 7) is 6.28. The molecule has 2 heteroatoms. The monoisotopic (exact) mass is 205 g/mol. The van der Waals surface area contributed by atoms with Crippen LogP contribution in [0.2, 0.25) is 0 Å². The van der Waals surface area contributed by atoms with Gasteiger partial charge in [-0.15, -0.1) is 0 Å². The minimum Gasteiger partial charge on any atom is -0.300 e. The Kier molecular flexibility index (Phi) is 4.01. The van der Waals surface area contributed by atoms with Crippen LogP contribution in [0.5, 0.6) is 0 Å². The van der Waals surface area contributed by atoms with Crippen LogP contribution in [0.25, 0.3) is 0 Å². The van der Waals surface area contributed by atoms with Gasteiger partial charge in [0.15, 0.2) is 0 Å². The van der Waals surface area contributed by atoms with Gasteiger partial charge >= 0.3 is 0 Å². The maximum absolute atomic E-state index is 11.6. The lowest BCUT2D eigenvalue weighted by Gasteiger charge is -2.16. The lowest BCUT2D eigenvalue weighted by molar-refractivity contribution is -0.120. The molecule has 1 heterocycles. The van der Waals surface area contributed by atoms with Gasteiger partial charge in [0.2, 0.25) is 0 Å². The number of carbonyl (C=O) groups excluding carboxylic acids is 1. The predicted octanol–water partition coefficient (Wildman–Crippen LogP) is 3.02. The number of hydrogen-bond acceptors (Lipinski definition) is 2. The lowest BCUT2D eigenvalue weighted by atomic mass is 9.88. The van der Waals surface area contributed by atoms with Crippen LogP contribution >= 0.6 is 0 Å². The highest BCUT2D eigenvalue weighted by Gasteiger charge is 2.15. The van der Waals surface area contributed by atoms with Crippen molar-refractivity contribution in [3.8, 4) is 0 Å². The Morgan fingerprint density at radius 2 is 2.13 bits per heavy atom. The van der Waals surface area contributed by atoms with E-state index in [0.717, 1.165) is 12.0 Å². The topological polar surface area (TPSA) is 30.0 Å². The molecule has 0 aliphatic carbocycles. The second-order valence-electron chi connectivity index (χ2n) is 5.14. The third-order valence-corrected chi connectivity index (χ3v) is 2.14. The molecule has 1 aromatic heterocycles. The number of hydrogen-bond donors (Lipinski definition) is 0. The van der Waals surface area contributed by atoms with E-state index in [2.05, 4.69) is 25.8 Å². The molecule has 0 amide bonds. The fourth-order valence-corrected chi connectivity index (χ4v) is 1.51. The molecule has 1 aromatic rings. The number of rotatable bonds is 4. The van der Waals surface area contributed by atoms with Crippen LogP contribution in [0.15, 0.2) is 24.5 Å². The minimum atomic E-state index is 0.103. The van der Waals surface area contributed by atoms with Crippen molar-refractivity contribution in [1.82, 2.24) is 4.98 Å². The molecule has 0 aliphatic heterocycles. The molecule has 0 aliphatic rings. The van der Waals surface area contributed by atoms with E-state index in [9.17, 15) is 4.79 Å². The summed E-state index contributed by atoms with van der Waals surface area (Å²) in [6, 6.07) is 3.92. The zero-order valence-electron chi connectivity index (χ0n) is 9.79. The molecule has 0 spiro atoms. The van der Waals surface area contributed by atoms with Crippen molar-refractivity contribution in [2.45, 2.75) is 40.0 Å². The third kappa shape index (κ3) is 5.31. The number of aryl methyl sites for hydroxylation is 1. The zero-order chi connectivity index (χ0) is 11.3. The van der Waals surface area contributed by atoms with Gasteiger partial charge in [0.1, 0.15) is 5.78 Å². The largest absolute Gasteiger partial charge is 0.300 e. The van der Waals surface area contributed by atoms with E-state index in [0.29, 0.717) is 18.6 Å². The summed E-state index contributed by atoms with van der Waals surface area (Å²) in [5, 5.41) is 0. The van der Waals surface area contributed by atoms with Gasteiger partial charge in [0.25, 0.3) is 0 Å². The predicted molar refractivity (Wildman–Crippen MR) is 61.6 cm³/mol. The molecule has 1 rings (SSSR count). The molecule has 0 bridgehead atoms. The molecule has 0 atom stereocenters. The van der Waals surface area contributed by atoms with Crippen LogP contribution < -0.4 is 0 Å². The quantitative estimate of drug-likeness (QED) is 0.756. The van der Waals surface area contributed by atoms with E-state index in [4.69, 9.17) is 0 Å². The molecular formula is C13H19NO. The molecule has 0 saturated heterocycles. The Hall–Kier alpha value is -1.18. The van der Waals surface area contributed by atoms with Crippen LogP contribution in [0.4, 0.5) is 0 Å². The summed E-state index contributed by atoms with van der Waals surface area (Å²) in [4.78, 5) is 15.6. The van der Waals surface area contributed by atoms with E-state index in [1.54, 1.807) is 6.20 Å². The van der Waals surface area contributed by atoms with Crippen molar-refractivity contribution in [1.29, 1.82) is 0 Å². The molecule has 0 saturated carbocycles. The van der Waals surface area contributed by atoms with Gasteiger partial charge < -0.3 is 0 Å². The van der Waals surface area contributed by atoms with Crippen molar-refractivity contribution >= 4 is 5.78 Å². The highest BCUT2D eigenvalue weighted by Crippen LogP contribution is 2.20. The molecule has 0 radical (unpaired) electrons. The normalized spacial score (nSPS) is 11.4. The molecule has 82 valence electrons. The maximum atomic E-state index is 11.6. The third-order valence-electron chi connectivity index (χ3n) is 2.14. The second kappa shape index (κ2) is 5.06. The smallest absolute Gasteiger partial charge is 0.133 e. The van der Waals surface area contributed by atoms with Crippen molar-refractivity contribution in [3.05, 3.63) is 30.1 Å². The maximum Gasteiger partial charge on any atom is 0.133 e. The standard InChI is InChI=1S/C13H19NO/c1-13(2,3)9-12(15)7-6-11-5-4-8-14-10-11/h4-5,8,10H,6-7,9H2,1-3H3. The fraction of sp³-hybridized carbons (Fsp3) is 0.538. The number of Topliss-reactive ketones (excluding diaryl/α,β-unsaturated/α-hetero) is 1. The number of pyridine rings is 1. The summed E-state index contributed by atoms with van der Waals surface area (Å²) in [6.07, 6.45) is 5.67. The fourth-order valence-electron chi connectivity index (χ4n) is 1.51. The van der Waals surface area contributed by atoms with Crippen LogP contribution in [-0.4, -0.2) is 10.8 Å². The van der Waals surface area contributed by atoms with E-state index in [1.807, 2.05) is 18.3 Å². The van der Waals surface area contributed by atoms with Crippen molar-refractivity contribution in [3.63, 3.8) is 0 Å². The van der Waals surface area contributed by atoms with Crippen LogP contribution in [0, 0.1) is 5.41 Å². The summed E-state index contributed by atoms with van der Waals surface area (Å²) in [7, 11) is 0. The van der Waals surface area contributed by atoms with Gasteiger partial charge in [-0.3, -0.25) is 9.78 Å². The van der Waals surface area contributed by atoms with Crippen LogP contribution in [0.3, 0.4) is 0 Å². The second-order valence-corrected chi connectivity index (χ2v) is 5.14. The highest BCUT2D eigenvalue weighted by atomic mass is 16.1. The molecule has 0 aromatic carbocycles. The Bertz CT molecular complexity index is 311. The number of ketones is 1. The Labute approximate surface area is 91.7 Å². The Morgan fingerprint density at radius 3 is 2.67 bits per heavy atom. The van der Waals surface area contributed by atoms with E-state index < -0.39 is 0 Å². The van der Waals surface area contributed by atoms with E-state index in [-0.39, 0.29) is 5.41 Å². The van der Waals surface area contributed by atoms with Crippen molar-refractivity contribution < 1.29 is 4.79 Å². The summed E-state index contributed by atoms with van der Waals surface area (Å²) in [5.74, 6) is 0.339. The van der Waals surface area contributed by atoms with Gasteiger partial charge in [-0.1, -0.05) is 26.8 Å². The molecule has 0 fully saturated rings. The molecule has 0 N–H and O–H groups in total. The first-order valence-electron chi connectivity index (χ1n) is 5.38. The first-order valence-corrected chi connectivity index (χ1v) is 5.38. The SMILES string of the molecule is CC(C)(C)CC(=O)CCc1cccnc1. The Morgan fingerprint density at radius 1 is 1.40 bits per heavy atom. The Balaban J connectivity index is 2.35. The van der Waals surface area contributed by atoms with Gasteiger partial charge in [0, 0.05) is 25.2 Å². The number of nitrogens with zero attached hydrogens (tertiary/aromatic N) is 1. The highest BCUT2D eigenvalue weighted by molar-refractivity contribution is 5.79. The van der Waals surface area contributed by atoms with Gasteiger partial charge in [0.05, 0.1) is 0 Å². The zero-order valence-corrected chi connectivity index (χ0v) is 9.79. The number of carbonyl (C=O) groups is 1. The summed E-state index contributed by atoms with van der Waals surface area (Å²) < 4.78 is 0. The van der Waals surface area contributed by atoms with Gasteiger partial charge in [-0.05, 0) is 23.5 Å². The summed E-state index contributed by atoms with van der Waals surface area (Å²) in [5.41, 5.74) is 1.24. The lowest BCUT2D eigenvalue weighted by Crippen LogP contribution is -2.13. The minimum absolute atomic E-state index is 0.103. The van der Waals surface area contributed by atoms with Gasteiger partial charge in [-0.2, -0.15) is 0 Å².